The summed E-state index contributed by atoms with van der Waals surface area (Å²) >= 11 is 0. The fourth-order valence-corrected chi connectivity index (χ4v) is 3.62. The minimum absolute atomic E-state index is 0.00204. The van der Waals surface area contributed by atoms with Crippen LogP contribution < -0.4 is 21.7 Å². The Bertz CT molecular complexity index is 1190. The number of rotatable bonds is 15. The van der Waals surface area contributed by atoms with Crippen molar-refractivity contribution in [2.75, 3.05) is 0 Å². The summed E-state index contributed by atoms with van der Waals surface area (Å²) in [6, 6.07) is 2.12. The predicted octanol–water partition coefficient (Wildman–Crippen LogP) is -0.674. The molecule has 9 N–H and O–H groups in total. The second-order valence-electron chi connectivity index (χ2n) is 8.73. The van der Waals surface area contributed by atoms with Crippen LogP contribution >= 0.6 is 0 Å². The number of H-pyrrole nitrogens is 1. The van der Waals surface area contributed by atoms with Gasteiger partial charge < -0.3 is 42.0 Å². The molecule has 0 saturated heterocycles. The Labute approximate surface area is 217 Å². The molecule has 0 fully saturated rings. The number of aromatic amines is 1. The van der Waals surface area contributed by atoms with Gasteiger partial charge in [-0.15, -0.1) is 0 Å². The number of amides is 3. The first kappa shape index (κ1) is 29.8. The molecule has 3 amide bonds. The van der Waals surface area contributed by atoms with E-state index in [0.717, 1.165) is 10.9 Å². The molecule has 0 aliphatic rings. The number of hydrogen-bond donors (Lipinski definition) is 8. The van der Waals surface area contributed by atoms with Crippen molar-refractivity contribution in [1.29, 1.82) is 0 Å². The number of hydrogen-bond acceptors (Lipinski definition) is 7. The normalized spacial score (nSPS) is 14.1. The highest BCUT2D eigenvalue weighted by Crippen LogP contribution is 2.19. The molecule has 2 aromatic rings. The van der Waals surface area contributed by atoms with Crippen LogP contribution in [0.15, 0.2) is 30.5 Å². The third-order valence-corrected chi connectivity index (χ3v) is 5.75. The summed E-state index contributed by atoms with van der Waals surface area (Å²) in [5.41, 5.74) is 7.25. The zero-order chi connectivity index (χ0) is 28.4. The van der Waals surface area contributed by atoms with E-state index in [2.05, 4.69) is 20.9 Å². The molecule has 1 heterocycles. The number of para-hydroxylation sites is 1. The van der Waals surface area contributed by atoms with Gasteiger partial charge in [-0.05, 0) is 31.4 Å². The van der Waals surface area contributed by atoms with Gasteiger partial charge in [0.05, 0.1) is 6.04 Å². The predicted molar refractivity (Wildman–Crippen MR) is 133 cm³/mol. The molecule has 2 rings (SSSR count). The average Bonchev–Trinajstić information content (AvgIpc) is 3.26. The van der Waals surface area contributed by atoms with Gasteiger partial charge in [0.2, 0.25) is 17.7 Å². The van der Waals surface area contributed by atoms with Crippen LogP contribution in [-0.4, -0.2) is 80.1 Å². The van der Waals surface area contributed by atoms with E-state index < -0.39 is 66.2 Å². The third-order valence-electron chi connectivity index (χ3n) is 5.75. The van der Waals surface area contributed by atoms with Gasteiger partial charge in [0, 0.05) is 36.4 Å². The number of carboxylic acid groups (broad SMARTS) is 3. The molecule has 0 saturated carbocycles. The quantitative estimate of drug-likeness (QED) is 0.143. The number of carbonyl (C=O) groups is 6. The Morgan fingerprint density at radius 3 is 2.08 bits per heavy atom. The van der Waals surface area contributed by atoms with E-state index in [1.165, 1.54) is 6.92 Å². The van der Waals surface area contributed by atoms with Crippen LogP contribution in [0.4, 0.5) is 0 Å². The number of benzene rings is 1. The number of aliphatic carboxylic acids is 3. The second kappa shape index (κ2) is 13.7. The third kappa shape index (κ3) is 8.89. The molecule has 0 aliphatic heterocycles. The van der Waals surface area contributed by atoms with Crippen molar-refractivity contribution in [3.05, 3.63) is 36.0 Å². The van der Waals surface area contributed by atoms with Gasteiger partial charge in [-0.2, -0.15) is 0 Å². The Balaban J connectivity index is 2.16. The number of carboxylic acids is 3. The van der Waals surface area contributed by atoms with Crippen molar-refractivity contribution in [2.24, 2.45) is 5.73 Å². The zero-order valence-corrected chi connectivity index (χ0v) is 20.6. The smallest absolute Gasteiger partial charge is 0.326 e. The van der Waals surface area contributed by atoms with Crippen LogP contribution in [0.2, 0.25) is 0 Å². The summed E-state index contributed by atoms with van der Waals surface area (Å²) in [6.45, 7) is 1.30. The topological polar surface area (TPSA) is 241 Å². The van der Waals surface area contributed by atoms with Crippen LogP contribution in [0.3, 0.4) is 0 Å². The Kier molecular flexibility index (Phi) is 10.8. The molecule has 1 aromatic heterocycles. The fourth-order valence-electron chi connectivity index (χ4n) is 3.62. The second-order valence-corrected chi connectivity index (χ2v) is 8.73. The molecular formula is C24H31N5O9. The minimum atomic E-state index is -1.48. The van der Waals surface area contributed by atoms with Gasteiger partial charge in [0.1, 0.15) is 18.1 Å². The first-order valence-electron chi connectivity index (χ1n) is 11.8. The maximum absolute atomic E-state index is 13.1. The maximum Gasteiger partial charge on any atom is 0.326 e. The van der Waals surface area contributed by atoms with Crippen molar-refractivity contribution in [2.45, 2.75) is 63.2 Å². The van der Waals surface area contributed by atoms with Crippen molar-refractivity contribution >= 4 is 46.5 Å². The van der Waals surface area contributed by atoms with Crippen molar-refractivity contribution in [1.82, 2.24) is 20.9 Å². The number of nitrogens with one attached hydrogen (secondary N) is 4. The lowest BCUT2D eigenvalue weighted by atomic mass is 10.0. The first-order valence-corrected chi connectivity index (χ1v) is 11.8. The van der Waals surface area contributed by atoms with Gasteiger partial charge in [-0.1, -0.05) is 18.2 Å². The molecule has 0 unspecified atom stereocenters. The summed E-state index contributed by atoms with van der Waals surface area (Å²) in [5, 5.41) is 34.8. The Hall–Kier alpha value is -4.46. The van der Waals surface area contributed by atoms with E-state index in [0.29, 0.717) is 5.56 Å². The SMILES string of the molecule is C[C@H](NC(=O)[C@H](Cc1c[nH]c2ccccc12)NC(=O)[C@@H](N)CCC(=O)O)C(=O)N[C@@H](CCC(=O)O)C(=O)O. The van der Waals surface area contributed by atoms with Crippen LogP contribution in [0.25, 0.3) is 10.9 Å². The maximum atomic E-state index is 13.1. The summed E-state index contributed by atoms with van der Waals surface area (Å²) in [5.74, 6) is -6.20. The van der Waals surface area contributed by atoms with Crippen LogP contribution in [0, 0.1) is 0 Å². The van der Waals surface area contributed by atoms with E-state index >= 15 is 0 Å². The Morgan fingerprint density at radius 1 is 0.842 bits per heavy atom. The van der Waals surface area contributed by atoms with Gasteiger partial charge in [-0.3, -0.25) is 24.0 Å². The minimum Gasteiger partial charge on any atom is -0.481 e. The highest BCUT2D eigenvalue weighted by atomic mass is 16.4. The Morgan fingerprint density at radius 2 is 1.45 bits per heavy atom. The molecule has 0 bridgehead atoms. The summed E-state index contributed by atoms with van der Waals surface area (Å²) < 4.78 is 0. The van der Waals surface area contributed by atoms with Crippen LogP contribution in [0.1, 0.15) is 38.2 Å². The molecule has 14 nitrogen and oxygen atoms in total. The van der Waals surface area contributed by atoms with Gasteiger partial charge in [0.25, 0.3) is 0 Å². The lowest BCUT2D eigenvalue weighted by Gasteiger charge is -2.23. The molecule has 14 heteroatoms. The van der Waals surface area contributed by atoms with Crippen LogP contribution in [-0.2, 0) is 35.2 Å². The number of aromatic nitrogens is 1. The number of nitrogens with two attached hydrogens (primary N) is 1. The molecule has 1 aromatic carbocycles. The van der Waals surface area contributed by atoms with Gasteiger partial charge in [-0.25, -0.2) is 4.79 Å². The number of carbonyl (C=O) groups excluding carboxylic acids is 3. The number of fused-ring (bicyclic) bond motifs is 1. The van der Waals surface area contributed by atoms with Crippen molar-refractivity contribution in [3.8, 4) is 0 Å². The molecular weight excluding hydrogens is 502 g/mol. The van der Waals surface area contributed by atoms with E-state index in [1.54, 1.807) is 12.3 Å². The van der Waals surface area contributed by atoms with Crippen LogP contribution in [0.5, 0.6) is 0 Å². The first-order chi connectivity index (χ1) is 17.9. The zero-order valence-electron chi connectivity index (χ0n) is 20.6. The molecule has 206 valence electrons. The lowest BCUT2D eigenvalue weighted by molar-refractivity contribution is -0.143. The van der Waals surface area contributed by atoms with Crippen molar-refractivity contribution < 1.29 is 44.1 Å². The average molecular weight is 534 g/mol. The monoisotopic (exact) mass is 533 g/mol. The molecule has 38 heavy (non-hydrogen) atoms. The highest BCUT2D eigenvalue weighted by Gasteiger charge is 2.29. The lowest BCUT2D eigenvalue weighted by Crippen LogP contribution is -2.56. The summed E-state index contributed by atoms with van der Waals surface area (Å²) in [7, 11) is 0. The largest absolute Gasteiger partial charge is 0.481 e. The summed E-state index contributed by atoms with van der Waals surface area (Å²) in [6.07, 6.45) is 0.310. The van der Waals surface area contributed by atoms with E-state index in [1.807, 2.05) is 18.2 Å². The van der Waals surface area contributed by atoms with E-state index in [4.69, 9.17) is 15.9 Å². The van der Waals surface area contributed by atoms with Gasteiger partial charge >= 0.3 is 17.9 Å². The molecule has 4 atom stereocenters. The van der Waals surface area contributed by atoms with Crippen molar-refractivity contribution in [3.63, 3.8) is 0 Å². The van der Waals surface area contributed by atoms with E-state index in [-0.39, 0.29) is 25.7 Å². The van der Waals surface area contributed by atoms with Gasteiger partial charge in [0.15, 0.2) is 0 Å². The van der Waals surface area contributed by atoms with E-state index in [9.17, 15) is 33.9 Å². The fraction of sp³-hybridized carbons (Fsp3) is 0.417. The molecule has 0 aliphatic carbocycles. The highest BCUT2D eigenvalue weighted by molar-refractivity contribution is 5.94. The summed E-state index contributed by atoms with van der Waals surface area (Å²) in [4.78, 5) is 74.3. The standard InChI is InChI=1S/C24H31N5O9/c1-12(21(34)28-17(24(37)38)7-9-20(32)33)27-23(36)18(29-22(35)15(25)6-8-19(30)31)10-13-11-26-16-5-3-2-4-14(13)16/h2-5,11-12,15,17-18,26H,6-10,25H2,1H3,(H,27,36)(H,28,34)(H,29,35)(H,30,31)(H,32,33)(H,37,38)/t12-,15-,17-,18-/m0/s1. The molecule has 0 radical (unpaired) electrons. The molecule has 0 spiro atoms.